The number of ether oxygens (including phenoxy) is 2. The first-order valence-corrected chi connectivity index (χ1v) is 11.9. The Morgan fingerprint density at radius 2 is 1.90 bits per heavy atom. The van der Waals surface area contributed by atoms with Gasteiger partial charge in [-0.25, -0.2) is 4.98 Å². The van der Waals surface area contributed by atoms with Crippen LogP contribution in [-0.2, 0) is 16.1 Å². The number of halogens is 1. The standard InChI is InChI=1S/C21H27BrN4O3S/c1-28-19-3-2-16(22)12-18(19)21-23-17(15-30-21)13-24-4-6-25(7-5-24)14-20(27)26-8-10-29-11-9-26/h2-3,12,15H,4-11,13-14H2,1H3. The molecule has 0 unspecified atom stereocenters. The van der Waals surface area contributed by atoms with Crippen LogP contribution in [0.1, 0.15) is 5.69 Å². The molecule has 2 fully saturated rings. The number of hydrogen-bond donors (Lipinski definition) is 0. The van der Waals surface area contributed by atoms with Crippen LogP contribution in [0.5, 0.6) is 5.75 Å². The summed E-state index contributed by atoms with van der Waals surface area (Å²) < 4.78 is 11.8. The smallest absolute Gasteiger partial charge is 0.236 e. The summed E-state index contributed by atoms with van der Waals surface area (Å²) in [7, 11) is 1.69. The minimum Gasteiger partial charge on any atom is -0.496 e. The molecule has 2 saturated heterocycles. The molecule has 0 N–H and O–H groups in total. The van der Waals surface area contributed by atoms with Crippen LogP contribution < -0.4 is 4.74 Å². The number of nitrogens with zero attached hydrogens (tertiary/aromatic N) is 4. The van der Waals surface area contributed by atoms with Crippen LogP contribution in [0.25, 0.3) is 10.6 Å². The lowest BCUT2D eigenvalue weighted by Crippen LogP contribution is -2.51. The molecule has 30 heavy (non-hydrogen) atoms. The van der Waals surface area contributed by atoms with Crippen LogP contribution >= 0.6 is 27.3 Å². The molecule has 0 bridgehead atoms. The van der Waals surface area contributed by atoms with Gasteiger partial charge < -0.3 is 14.4 Å². The number of aromatic nitrogens is 1. The third-order valence-electron chi connectivity index (χ3n) is 5.52. The fourth-order valence-electron chi connectivity index (χ4n) is 3.79. The molecule has 9 heteroatoms. The van der Waals surface area contributed by atoms with E-state index >= 15 is 0 Å². The molecule has 2 aliphatic heterocycles. The number of morpholine rings is 1. The number of hydrogen-bond acceptors (Lipinski definition) is 7. The molecule has 1 aromatic carbocycles. The van der Waals surface area contributed by atoms with Gasteiger partial charge in [0.1, 0.15) is 10.8 Å². The second-order valence-corrected chi connectivity index (χ2v) is 9.31. The van der Waals surface area contributed by atoms with Crippen LogP contribution in [0.4, 0.5) is 0 Å². The number of methoxy groups -OCH3 is 1. The first-order valence-electron chi connectivity index (χ1n) is 10.2. The Kier molecular flexibility index (Phi) is 7.37. The van der Waals surface area contributed by atoms with Crippen LogP contribution in [0.3, 0.4) is 0 Å². The molecular formula is C21H27BrN4O3S. The van der Waals surface area contributed by atoms with Crippen molar-refractivity contribution in [3.63, 3.8) is 0 Å². The van der Waals surface area contributed by atoms with E-state index in [4.69, 9.17) is 14.5 Å². The second-order valence-electron chi connectivity index (χ2n) is 7.53. The summed E-state index contributed by atoms with van der Waals surface area (Å²) in [4.78, 5) is 23.9. The lowest BCUT2D eigenvalue weighted by Gasteiger charge is -2.35. The van der Waals surface area contributed by atoms with Crippen molar-refractivity contribution in [1.29, 1.82) is 0 Å². The van der Waals surface area contributed by atoms with Crippen molar-refractivity contribution in [3.05, 3.63) is 33.7 Å². The lowest BCUT2D eigenvalue weighted by atomic mass is 10.2. The van der Waals surface area contributed by atoms with Gasteiger partial charge in [0.05, 0.1) is 38.1 Å². The van der Waals surface area contributed by atoms with E-state index in [9.17, 15) is 4.79 Å². The van der Waals surface area contributed by atoms with E-state index in [0.29, 0.717) is 32.8 Å². The van der Waals surface area contributed by atoms with Gasteiger partial charge >= 0.3 is 0 Å². The summed E-state index contributed by atoms with van der Waals surface area (Å²) in [5, 5.41) is 3.10. The zero-order chi connectivity index (χ0) is 20.9. The van der Waals surface area contributed by atoms with Crippen molar-refractivity contribution in [3.8, 4) is 16.3 Å². The quantitative estimate of drug-likeness (QED) is 0.614. The molecule has 3 heterocycles. The van der Waals surface area contributed by atoms with Gasteiger partial charge in [0, 0.05) is 55.7 Å². The third-order valence-corrected chi connectivity index (χ3v) is 6.93. The highest BCUT2D eigenvalue weighted by Crippen LogP contribution is 2.34. The zero-order valence-corrected chi connectivity index (χ0v) is 19.6. The van der Waals surface area contributed by atoms with E-state index in [-0.39, 0.29) is 5.91 Å². The van der Waals surface area contributed by atoms with Crippen molar-refractivity contribution < 1.29 is 14.3 Å². The average molecular weight is 495 g/mol. The Labute approximate surface area is 189 Å². The van der Waals surface area contributed by atoms with E-state index in [1.165, 1.54) is 0 Å². The summed E-state index contributed by atoms with van der Waals surface area (Å²) >= 11 is 5.18. The predicted octanol–water partition coefficient (Wildman–Crippen LogP) is 2.56. The number of amides is 1. The van der Waals surface area contributed by atoms with Gasteiger partial charge in [0.2, 0.25) is 5.91 Å². The maximum absolute atomic E-state index is 12.4. The number of carbonyl (C=O) groups excluding carboxylic acids is 1. The highest BCUT2D eigenvalue weighted by atomic mass is 79.9. The maximum Gasteiger partial charge on any atom is 0.236 e. The number of carbonyl (C=O) groups is 1. The van der Waals surface area contributed by atoms with Crippen molar-refractivity contribution in [2.45, 2.75) is 6.54 Å². The van der Waals surface area contributed by atoms with E-state index < -0.39 is 0 Å². The van der Waals surface area contributed by atoms with Crippen molar-refractivity contribution in [2.24, 2.45) is 0 Å². The fourth-order valence-corrected chi connectivity index (χ4v) is 4.98. The largest absolute Gasteiger partial charge is 0.496 e. The first kappa shape index (κ1) is 21.7. The Balaban J connectivity index is 1.29. The van der Waals surface area contributed by atoms with Crippen LogP contribution in [0.15, 0.2) is 28.1 Å². The first-order chi connectivity index (χ1) is 14.6. The zero-order valence-electron chi connectivity index (χ0n) is 17.2. The highest BCUT2D eigenvalue weighted by molar-refractivity contribution is 9.10. The van der Waals surface area contributed by atoms with E-state index in [1.54, 1.807) is 18.4 Å². The van der Waals surface area contributed by atoms with Gasteiger partial charge in [-0.1, -0.05) is 15.9 Å². The number of thiazole rings is 1. The summed E-state index contributed by atoms with van der Waals surface area (Å²) in [5.41, 5.74) is 2.09. The van der Waals surface area contributed by atoms with E-state index in [1.807, 2.05) is 23.1 Å². The number of benzene rings is 1. The molecule has 162 valence electrons. The topological polar surface area (TPSA) is 58.1 Å². The van der Waals surface area contributed by atoms with Gasteiger partial charge in [-0.05, 0) is 18.2 Å². The summed E-state index contributed by atoms with van der Waals surface area (Å²) in [6, 6.07) is 5.98. The van der Waals surface area contributed by atoms with Crippen molar-refractivity contribution in [2.75, 3.05) is 66.1 Å². The van der Waals surface area contributed by atoms with Gasteiger partial charge in [0.15, 0.2) is 0 Å². The van der Waals surface area contributed by atoms with Crippen LogP contribution in [0, 0.1) is 0 Å². The summed E-state index contributed by atoms with van der Waals surface area (Å²) in [6.07, 6.45) is 0. The molecule has 2 aromatic rings. The monoisotopic (exact) mass is 494 g/mol. The van der Waals surface area contributed by atoms with Crippen LogP contribution in [0.2, 0.25) is 0 Å². The van der Waals surface area contributed by atoms with E-state index in [0.717, 1.165) is 59.2 Å². The third kappa shape index (κ3) is 5.39. The Hall–Kier alpha value is -1.52. The van der Waals surface area contributed by atoms with Gasteiger partial charge in [-0.15, -0.1) is 11.3 Å². The van der Waals surface area contributed by atoms with Crippen molar-refractivity contribution >= 4 is 33.2 Å². The van der Waals surface area contributed by atoms with Gasteiger partial charge in [0.25, 0.3) is 0 Å². The molecule has 0 radical (unpaired) electrons. The molecule has 0 atom stereocenters. The average Bonchev–Trinajstić information content (AvgIpc) is 3.24. The molecule has 1 amide bonds. The Bertz CT molecular complexity index is 864. The summed E-state index contributed by atoms with van der Waals surface area (Å²) in [5.74, 6) is 1.05. The van der Waals surface area contributed by atoms with Gasteiger partial charge in [-0.2, -0.15) is 0 Å². The molecular weight excluding hydrogens is 468 g/mol. The maximum atomic E-state index is 12.4. The molecule has 0 spiro atoms. The fraction of sp³-hybridized carbons (Fsp3) is 0.524. The van der Waals surface area contributed by atoms with Crippen molar-refractivity contribution in [1.82, 2.24) is 19.7 Å². The molecule has 0 saturated carbocycles. The summed E-state index contributed by atoms with van der Waals surface area (Å²) in [6.45, 7) is 7.80. The highest BCUT2D eigenvalue weighted by Gasteiger charge is 2.23. The SMILES string of the molecule is COc1ccc(Br)cc1-c1nc(CN2CCN(CC(=O)N3CCOCC3)CC2)cs1. The Morgan fingerprint density at radius 1 is 1.17 bits per heavy atom. The minimum atomic E-state index is 0.221. The van der Waals surface area contributed by atoms with E-state index in [2.05, 4.69) is 31.1 Å². The second kappa shape index (κ2) is 10.2. The molecule has 0 aliphatic carbocycles. The Morgan fingerprint density at radius 3 is 2.63 bits per heavy atom. The molecule has 4 rings (SSSR count). The van der Waals surface area contributed by atoms with Crippen LogP contribution in [-0.4, -0.2) is 91.7 Å². The number of rotatable bonds is 6. The molecule has 1 aromatic heterocycles. The minimum absolute atomic E-state index is 0.221. The molecule has 2 aliphatic rings. The molecule has 7 nitrogen and oxygen atoms in total. The lowest BCUT2D eigenvalue weighted by molar-refractivity contribution is -0.136. The predicted molar refractivity (Wildman–Crippen MR) is 121 cm³/mol. The van der Waals surface area contributed by atoms with Gasteiger partial charge in [-0.3, -0.25) is 14.6 Å². The number of piperazine rings is 1. The normalized spacial score (nSPS) is 18.5.